The monoisotopic (exact) mass is 202 g/mol. The molecular weight excluding hydrogens is 188 g/mol. The van der Waals surface area contributed by atoms with E-state index < -0.39 is 0 Å². The van der Waals surface area contributed by atoms with E-state index in [4.69, 9.17) is 0 Å². The number of nitrogens with zero attached hydrogens (tertiary/aromatic N) is 2. The van der Waals surface area contributed by atoms with E-state index in [2.05, 4.69) is 20.3 Å². The standard InChI is InChI=1S/C11H14N4/c1-4-12-5-2-10(1)3-6-13-7-11-8-14-9-15-11/h1-2,4-5,8-9,13H,3,6-7H2,(H,14,15). The molecule has 2 heterocycles. The largest absolute Gasteiger partial charge is 0.347 e. The minimum Gasteiger partial charge on any atom is -0.347 e. The van der Waals surface area contributed by atoms with Gasteiger partial charge in [0.2, 0.25) is 0 Å². The van der Waals surface area contributed by atoms with Crippen molar-refractivity contribution in [1.82, 2.24) is 20.3 Å². The van der Waals surface area contributed by atoms with Gasteiger partial charge in [0.15, 0.2) is 0 Å². The Hall–Kier alpha value is -1.68. The number of imidazole rings is 1. The molecule has 2 rings (SSSR count). The smallest absolute Gasteiger partial charge is 0.0922 e. The first-order valence-electron chi connectivity index (χ1n) is 5.02. The topological polar surface area (TPSA) is 53.6 Å². The van der Waals surface area contributed by atoms with Gasteiger partial charge in [0, 0.05) is 30.8 Å². The molecule has 0 fully saturated rings. The zero-order valence-corrected chi connectivity index (χ0v) is 8.48. The molecule has 0 bridgehead atoms. The van der Waals surface area contributed by atoms with Crippen LogP contribution in [-0.2, 0) is 13.0 Å². The molecule has 0 unspecified atom stereocenters. The Bertz CT molecular complexity index is 369. The van der Waals surface area contributed by atoms with Gasteiger partial charge in [-0.25, -0.2) is 4.98 Å². The first kappa shape index (κ1) is 9.86. The van der Waals surface area contributed by atoms with Crippen LogP contribution in [0.1, 0.15) is 11.3 Å². The van der Waals surface area contributed by atoms with Gasteiger partial charge >= 0.3 is 0 Å². The first-order chi connectivity index (χ1) is 7.45. The van der Waals surface area contributed by atoms with Crippen LogP contribution >= 0.6 is 0 Å². The molecule has 0 radical (unpaired) electrons. The van der Waals surface area contributed by atoms with Crippen molar-refractivity contribution in [3.05, 3.63) is 48.3 Å². The molecule has 0 aromatic carbocycles. The average molecular weight is 202 g/mol. The summed E-state index contributed by atoms with van der Waals surface area (Å²) >= 11 is 0. The predicted molar refractivity (Wildman–Crippen MR) is 58.2 cm³/mol. The summed E-state index contributed by atoms with van der Waals surface area (Å²) in [7, 11) is 0. The second-order valence-electron chi connectivity index (χ2n) is 3.36. The average Bonchev–Trinajstić information content (AvgIpc) is 2.79. The van der Waals surface area contributed by atoms with Crippen LogP contribution in [-0.4, -0.2) is 21.5 Å². The fourth-order valence-corrected chi connectivity index (χ4v) is 1.39. The van der Waals surface area contributed by atoms with Crippen molar-refractivity contribution in [2.24, 2.45) is 0 Å². The van der Waals surface area contributed by atoms with Crippen molar-refractivity contribution in [3.63, 3.8) is 0 Å². The van der Waals surface area contributed by atoms with E-state index in [-0.39, 0.29) is 0 Å². The lowest BCUT2D eigenvalue weighted by Gasteiger charge is -2.02. The Morgan fingerprint density at radius 2 is 2.07 bits per heavy atom. The Balaban J connectivity index is 1.68. The molecule has 15 heavy (non-hydrogen) atoms. The molecule has 0 amide bonds. The minimum absolute atomic E-state index is 0.838. The molecule has 0 atom stereocenters. The van der Waals surface area contributed by atoms with Crippen molar-refractivity contribution in [1.29, 1.82) is 0 Å². The molecule has 78 valence electrons. The van der Waals surface area contributed by atoms with Gasteiger partial charge in [0.25, 0.3) is 0 Å². The number of hydrogen-bond donors (Lipinski definition) is 2. The summed E-state index contributed by atoms with van der Waals surface area (Å²) in [6, 6.07) is 4.08. The molecule has 0 aliphatic carbocycles. The summed E-state index contributed by atoms with van der Waals surface area (Å²) in [5, 5.41) is 3.34. The third-order valence-electron chi connectivity index (χ3n) is 2.21. The van der Waals surface area contributed by atoms with Gasteiger partial charge in [-0.3, -0.25) is 4.98 Å². The Kier molecular flexibility index (Phi) is 3.46. The van der Waals surface area contributed by atoms with Crippen molar-refractivity contribution >= 4 is 0 Å². The SMILES string of the molecule is c1cc(CCNCc2cnc[nH]2)ccn1. The maximum Gasteiger partial charge on any atom is 0.0922 e. The minimum atomic E-state index is 0.838. The third kappa shape index (κ3) is 3.18. The summed E-state index contributed by atoms with van der Waals surface area (Å²) in [6.07, 6.45) is 8.20. The molecule has 2 N–H and O–H groups in total. The summed E-state index contributed by atoms with van der Waals surface area (Å²) in [5.41, 5.74) is 2.42. The molecule has 0 saturated heterocycles. The van der Waals surface area contributed by atoms with E-state index in [1.54, 1.807) is 6.33 Å². The van der Waals surface area contributed by atoms with Gasteiger partial charge in [-0.2, -0.15) is 0 Å². The normalized spacial score (nSPS) is 10.4. The number of nitrogens with one attached hydrogen (secondary N) is 2. The van der Waals surface area contributed by atoms with E-state index in [0.29, 0.717) is 0 Å². The fourth-order valence-electron chi connectivity index (χ4n) is 1.39. The zero-order valence-electron chi connectivity index (χ0n) is 8.48. The number of aromatic amines is 1. The number of pyridine rings is 1. The van der Waals surface area contributed by atoms with Crippen molar-refractivity contribution in [3.8, 4) is 0 Å². The highest BCUT2D eigenvalue weighted by Crippen LogP contribution is 1.96. The van der Waals surface area contributed by atoms with E-state index >= 15 is 0 Å². The van der Waals surface area contributed by atoms with E-state index in [0.717, 1.165) is 25.2 Å². The number of aromatic nitrogens is 3. The number of H-pyrrole nitrogens is 1. The van der Waals surface area contributed by atoms with Gasteiger partial charge in [0.1, 0.15) is 0 Å². The highest BCUT2D eigenvalue weighted by molar-refractivity contribution is 5.09. The first-order valence-corrected chi connectivity index (χ1v) is 5.02. The lowest BCUT2D eigenvalue weighted by molar-refractivity contribution is 0.677. The van der Waals surface area contributed by atoms with Gasteiger partial charge in [-0.1, -0.05) is 0 Å². The number of rotatable bonds is 5. The maximum absolute atomic E-state index is 3.98. The van der Waals surface area contributed by atoms with Crippen molar-refractivity contribution < 1.29 is 0 Å². The van der Waals surface area contributed by atoms with E-state index in [1.807, 2.05) is 30.7 Å². The predicted octanol–water partition coefficient (Wildman–Crippen LogP) is 1.14. The second-order valence-corrected chi connectivity index (χ2v) is 3.36. The van der Waals surface area contributed by atoms with Crippen LogP contribution in [0.25, 0.3) is 0 Å². The molecule has 0 aliphatic heterocycles. The molecular formula is C11H14N4. The van der Waals surface area contributed by atoms with Gasteiger partial charge in [-0.15, -0.1) is 0 Å². The Morgan fingerprint density at radius 1 is 1.20 bits per heavy atom. The third-order valence-corrected chi connectivity index (χ3v) is 2.21. The van der Waals surface area contributed by atoms with Crippen LogP contribution in [0.5, 0.6) is 0 Å². The summed E-state index contributed by atoms with van der Waals surface area (Å²) in [4.78, 5) is 11.0. The van der Waals surface area contributed by atoms with Gasteiger partial charge < -0.3 is 10.3 Å². The van der Waals surface area contributed by atoms with Crippen LogP contribution in [0.2, 0.25) is 0 Å². The van der Waals surface area contributed by atoms with E-state index in [1.165, 1.54) is 5.56 Å². The molecule has 0 aliphatic rings. The molecule has 4 nitrogen and oxygen atoms in total. The molecule has 0 spiro atoms. The number of hydrogen-bond acceptors (Lipinski definition) is 3. The fraction of sp³-hybridized carbons (Fsp3) is 0.273. The molecule has 0 saturated carbocycles. The summed E-state index contributed by atoms with van der Waals surface area (Å²) < 4.78 is 0. The van der Waals surface area contributed by atoms with E-state index in [9.17, 15) is 0 Å². The Morgan fingerprint density at radius 3 is 2.80 bits per heavy atom. The maximum atomic E-state index is 3.98. The van der Waals surface area contributed by atoms with Gasteiger partial charge in [-0.05, 0) is 30.7 Å². The second kappa shape index (κ2) is 5.26. The molecule has 4 heteroatoms. The highest BCUT2D eigenvalue weighted by atomic mass is 14.9. The van der Waals surface area contributed by atoms with Crippen LogP contribution in [0.3, 0.4) is 0 Å². The summed E-state index contributed by atoms with van der Waals surface area (Å²) in [5.74, 6) is 0. The lowest BCUT2D eigenvalue weighted by atomic mass is 10.2. The molecule has 2 aromatic heterocycles. The lowest BCUT2D eigenvalue weighted by Crippen LogP contribution is -2.16. The quantitative estimate of drug-likeness (QED) is 0.715. The van der Waals surface area contributed by atoms with Crippen molar-refractivity contribution in [2.75, 3.05) is 6.54 Å². The molecule has 2 aromatic rings. The highest BCUT2D eigenvalue weighted by Gasteiger charge is 1.94. The zero-order chi connectivity index (χ0) is 10.3. The van der Waals surface area contributed by atoms with Crippen LogP contribution in [0, 0.1) is 0 Å². The van der Waals surface area contributed by atoms with Crippen LogP contribution < -0.4 is 5.32 Å². The van der Waals surface area contributed by atoms with Crippen LogP contribution in [0.15, 0.2) is 37.1 Å². The Labute approximate surface area is 88.8 Å². The van der Waals surface area contributed by atoms with Crippen LogP contribution in [0.4, 0.5) is 0 Å². The summed E-state index contributed by atoms with van der Waals surface area (Å²) in [6.45, 7) is 1.80. The van der Waals surface area contributed by atoms with Crippen molar-refractivity contribution in [2.45, 2.75) is 13.0 Å². The van der Waals surface area contributed by atoms with Gasteiger partial charge in [0.05, 0.1) is 6.33 Å².